The van der Waals surface area contributed by atoms with Crippen LogP contribution in [-0.4, -0.2) is 13.9 Å². The molecule has 10 heavy (non-hydrogen) atoms. The van der Waals surface area contributed by atoms with E-state index in [1.54, 1.807) is 6.92 Å². The Bertz CT molecular complexity index is 176. The zero-order valence-corrected chi connectivity index (χ0v) is 6.26. The highest BCUT2D eigenvalue weighted by atomic mass is 19.1. The SMILES string of the molecule is BC1C=C(C)C(F)=CC1N. The van der Waals surface area contributed by atoms with E-state index in [0.717, 1.165) is 0 Å². The molecule has 0 aromatic heterocycles. The molecule has 2 N–H and O–H groups in total. The van der Waals surface area contributed by atoms with Crippen LogP contribution in [0.5, 0.6) is 0 Å². The normalized spacial score (nSPS) is 33.1. The van der Waals surface area contributed by atoms with E-state index in [0.29, 0.717) is 5.57 Å². The minimum atomic E-state index is -0.175. The van der Waals surface area contributed by atoms with Crippen molar-refractivity contribution in [2.24, 2.45) is 5.73 Å². The lowest BCUT2D eigenvalue weighted by Crippen LogP contribution is -2.25. The summed E-state index contributed by atoms with van der Waals surface area (Å²) in [7, 11) is 1.98. The van der Waals surface area contributed by atoms with Gasteiger partial charge in [-0.15, -0.1) is 0 Å². The molecule has 0 fully saturated rings. The van der Waals surface area contributed by atoms with Gasteiger partial charge in [0.05, 0.1) is 0 Å². The Kier molecular flexibility index (Phi) is 1.95. The summed E-state index contributed by atoms with van der Waals surface area (Å²) >= 11 is 0. The summed E-state index contributed by atoms with van der Waals surface area (Å²) in [5, 5.41) is 0. The lowest BCUT2D eigenvalue weighted by molar-refractivity contribution is 0.621. The van der Waals surface area contributed by atoms with E-state index in [2.05, 4.69) is 0 Å². The molecule has 1 rings (SSSR count). The summed E-state index contributed by atoms with van der Waals surface area (Å²) in [6, 6.07) is -0.149. The maximum Gasteiger partial charge on any atom is 0.123 e. The number of allylic oxidation sites excluding steroid dienone is 2. The van der Waals surface area contributed by atoms with Gasteiger partial charge in [-0.3, -0.25) is 0 Å². The van der Waals surface area contributed by atoms with Crippen LogP contribution in [-0.2, 0) is 0 Å². The van der Waals surface area contributed by atoms with Crippen LogP contribution in [0.25, 0.3) is 0 Å². The Labute approximate surface area is 61.2 Å². The summed E-state index contributed by atoms with van der Waals surface area (Å²) in [4.78, 5) is 0. The first-order chi connectivity index (χ1) is 4.61. The van der Waals surface area contributed by atoms with Crippen molar-refractivity contribution in [1.82, 2.24) is 0 Å². The van der Waals surface area contributed by atoms with Crippen molar-refractivity contribution < 1.29 is 4.39 Å². The molecule has 0 saturated heterocycles. The first-order valence-electron chi connectivity index (χ1n) is 3.43. The van der Waals surface area contributed by atoms with Crippen LogP contribution >= 0.6 is 0 Å². The second-order valence-corrected chi connectivity index (χ2v) is 2.80. The van der Waals surface area contributed by atoms with Gasteiger partial charge in [0.25, 0.3) is 0 Å². The molecule has 0 spiro atoms. The van der Waals surface area contributed by atoms with Gasteiger partial charge in [-0.1, -0.05) is 6.08 Å². The van der Waals surface area contributed by atoms with Gasteiger partial charge in [0, 0.05) is 6.04 Å². The molecule has 0 aliphatic heterocycles. The third-order valence-electron chi connectivity index (χ3n) is 1.84. The van der Waals surface area contributed by atoms with Crippen molar-refractivity contribution in [3.63, 3.8) is 0 Å². The molecule has 3 heteroatoms. The van der Waals surface area contributed by atoms with Gasteiger partial charge >= 0.3 is 0 Å². The number of halogens is 1. The predicted octanol–water partition coefficient (Wildman–Crippen LogP) is 0.549. The fourth-order valence-electron chi connectivity index (χ4n) is 1.04. The first kappa shape index (κ1) is 7.54. The molecule has 2 unspecified atom stereocenters. The summed E-state index contributed by atoms with van der Waals surface area (Å²) in [6.07, 6.45) is 3.33. The smallest absolute Gasteiger partial charge is 0.123 e. The molecule has 0 radical (unpaired) electrons. The first-order valence-corrected chi connectivity index (χ1v) is 3.43. The van der Waals surface area contributed by atoms with Gasteiger partial charge < -0.3 is 5.73 Å². The van der Waals surface area contributed by atoms with Crippen LogP contribution in [0.2, 0.25) is 5.82 Å². The third kappa shape index (κ3) is 1.29. The van der Waals surface area contributed by atoms with Crippen molar-refractivity contribution in [3.8, 4) is 0 Å². The summed E-state index contributed by atoms with van der Waals surface area (Å²) in [5.41, 5.74) is 6.27. The highest BCUT2D eigenvalue weighted by Crippen LogP contribution is 2.23. The second-order valence-electron chi connectivity index (χ2n) is 2.80. The topological polar surface area (TPSA) is 26.0 Å². The number of rotatable bonds is 0. The number of hydrogen-bond acceptors (Lipinski definition) is 1. The molecule has 0 aromatic carbocycles. The quantitative estimate of drug-likeness (QED) is 0.487. The van der Waals surface area contributed by atoms with E-state index >= 15 is 0 Å². The summed E-state index contributed by atoms with van der Waals surface area (Å²) in [6.45, 7) is 1.76. The van der Waals surface area contributed by atoms with E-state index in [1.165, 1.54) is 6.08 Å². The van der Waals surface area contributed by atoms with Crippen molar-refractivity contribution in [2.75, 3.05) is 0 Å². The molecular weight excluding hydrogens is 128 g/mol. The Hall–Kier alpha value is -0.565. The van der Waals surface area contributed by atoms with Crippen molar-refractivity contribution in [2.45, 2.75) is 18.8 Å². The molecule has 54 valence electrons. The van der Waals surface area contributed by atoms with E-state index in [1.807, 2.05) is 13.9 Å². The van der Waals surface area contributed by atoms with Crippen LogP contribution in [0.3, 0.4) is 0 Å². The molecule has 1 aliphatic rings. The van der Waals surface area contributed by atoms with Gasteiger partial charge in [-0.25, -0.2) is 4.39 Å². The van der Waals surface area contributed by atoms with Crippen LogP contribution in [0.4, 0.5) is 4.39 Å². The van der Waals surface area contributed by atoms with Crippen LogP contribution in [0, 0.1) is 0 Å². The van der Waals surface area contributed by atoms with E-state index in [-0.39, 0.29) is 17.7 Å². The maximum absolute atomic E-state index is 12.7. The third-order valence-corrected chi connectivity index (χ3v) is 1.84. The van der Waals surface area contributed by atoms with E-state index in [9.17, 15) is 4.39 Å². The van der Waals surface area contributed by atoms with Gasteiger partial charge in [0.1, 0.15) is 13.7 Å². The zero-order chi connectivity index (χ0) is 7.72. The van der Waals surface area contributed by atoms with E-state index in [4.69, 9.17) is 5.73 Å². The lowest BCUT2D eigenvalue weighted by Gasteiger charge is -2.18. The average molecular weight is 139 g/mol. The summed E-state index contributed by atoms with van der Waals surface area (Å²) in [5.74, 6) is 0.0881. The van der Waals surface area contributed by atoms with Crippen LogP contribution < -0.4 is 5.73 Å². The van der Waals surface area contributed by atoms with Crippen molar-refractivity contribution in [3.05, 3.63) is 23.6 Å². The molecular formula is C7H11BFN. The highest BCUT2D eigenvalue weighted by Gasteiger charge is 2.15. The molecule has 0 amide bonds. The molecule has 1 nitrogen and oxygen atoms in total. The minimum absolute atomic E-state index is 0.149. The monoisotopic (exact) mass is 139 g/mol. The molecule has 1 aliphatic carbocycles. The second kappa shape index (κ2) is 2.58. The van der Waals surface area contributed by atoms with E-state index < -0.39 is 0 Å². The van der Waals surface area contributed by atoms with Gasteiger partial charge in [0.2, 0.25) is 0 Å². The van der Waals surface area contributed by atoms with Gasteiger partial charge in [0.15, 0.2) is 0 Å². The Morgan fingerprint density at radius 3 is 2.70 bits per heavy atom. The zero-order valence-electron chi connectivity index (χ0n) is 6.26. The van der Waals surface area contributed by atoms with Crippen LogP contribution in [0.1, 0.15) is 6.92 Å². The average Bonchev–Trinajstić information content (AvgIpc) is 1.84. The molecule has 0 heterocycles. The molecule has 2 atom stereocenters. The highest BCUT2D eigenvalue weighted by molar-refractivity contribution is 6.13. The molecule has 0 bridgehead atoms. The molecule has 0 saturated carbocycles. The fourth-order valence-corrected chi connectivity index (χ4v) is 1.04. The lowest BCUT2D eigenvalue weighted by atomic mass is 9.77. The Morgan fingerprint density at radius 1 is 1.60 bits per heavy atom. The Morgan fingerprint density at radius 2 is 2.20 bits per heavy atom. The van der Waals surface area contributed by atoms with Crippen LogP contribution in [0.15, 0.2) is 23.6 Å². The largest absolute Gasteiger partial charge is 0.324 e. The number of nitrogens with two attached hydrogens (primary N) is 1. The number of hydrogen-bond donors (Lipinski definition) is 1. The van der Waals surface area contributed by atoms with Gasteiger partial charge in [-0.05, 0) is 24.4 Å². The maximum atomic E-state index is 12.7. The summed E-state index contributed by atoms with van der Waals surface area (Å²) < 4.78 is 12.7. The van der Waals surface area contributed by atoms with Crippen molar-refractivity contribution >= 4 is 7.85 Å². The minimum Gasteiger partial charge on any atom is -0.324 e. The standard InChI is InChI=1S/C7H11BFN/c1-4-2-5(8)7(10)3-6(4)9/h2-3,5,7H,8,10H2,1H3. The Balaban J connectivity index is 2.83. The van der Waals surface area contributed by atoms with Crippen molar-refractivity contribution in [1.29, 1.82) is 0 Å². The van der Waals surface area contributed by atoms with Gasteiger partial charge in [-0.2, -0.15) is 0 Å². The fraction of sp³-hybridized carbons (Fsp3) is 0.429. The predicted molar refractivity (Wildman–Crippen MR) is 43.2 cm³/mol. The molecule has 0 aromatic rings.